The van der Waals surface area contributed by atoms with Crippen molar-refractivity contribution in [3.63, 3.8) is 0 Å². The quantitative estimate of drug-likeness (QED) is 0.612. The minimum atomic E-state index is -3.72. The lowest BCUT2D eigenvalue weighted by atomic mass is 10.0. The van der Waals surface area contributed by atoms with Gasteiger partial charge in [-0.15, -0.1) is 0 Å². The average Bonchev–Trinajstić information content (AvgIpc) is 2.29. The summed E-state index contributed by atoms with van der Waals surface area (Å²) in [4.78, 5) is 4.08. The Labute approximate surface area is 102 Å². The Kier molecular flexibility index (Phi) is 4.42. The van der Waals surface area contributed by atoms with Crippen LogP contribution in [-0.4, -0.2) is 28.8 Å². The molecule has 0 amide bonds. The number of hydrogen-bond donors (Lipinski definition) is 0. The van der Waals surface area contributed by atoms with E-state index in [1.807, 2.05) is 19.9 Å². The average molecular weight is 255 g/mol. The summed E-state index contributed by atoms with van der Waals surface area (Å²) < 4.78 is 28.5. The van der Waals surface area contributed by atoms with Crippen LogP contribution in [0.4, 0.5) is 0 Å². The van der Waals surface area contributed by atoms with Gasteiger partial charge >= 0.3 is 0 Å². The van der Waals surface area contributed by atoms with E-state index in [1.54, 1.807) is 19.2 Å². The zero-order valence-corrected chi connectivity index (χ0v) is 11.3. The van der Waals surface area contributed by atoms with Gasteiger partial charge in [0.25, 0.3) is 10.1 Å². The van der Waals surface area contributed by atoms with Gasteiger partial charge in [0.2, 0.25) is 0 Å². The molecule has 0 atom stereocenters. The molecule has 0 N–H and O–H groups in total. The topological polar surface area (TPSA) is 55.7 Å². The largest absolute Gasteiger partial charge is 0.297 e. The van der Waals surface area contributed by atoms with Gasteiger partial charge in [-0.1, -0.05) is 32.0 Å². The molecule has 1 aromatic carbocycles. The van der Waals surface area contributed by atoms with Crippen LogP contribution in [-0.2, 0) is 14.3 Å². The summed E-state index contributed by atoms with van der Waals surface area (Å²) in [5.41, 5.74) is 1.30. The first-order valence-electron chi connectivity index (χ1n) is 5.29. The van der Waals surface area contributed by atoms with Crippen LogP contribution in [0.3, 0.4) is 0 Å². The molecule has 0 heterocycles. The van der Waals surface area contributed by atoms with Crippen LogP contribution >= 0.6 is 0 Å². The van der Waals surface area contributed by atoms with E-state index in [1.165, 1.54) is 13.3 Å². The molecule has 0 aromatic heterocycles. The van der Waals surface area contributed by atoms with E-state index in [9.17, 15) is 8.42 Å². The molecular formula is C12H17NO3S. The molecule has 0 fully saturated rings. The second-order valence-electron chi connectivity index (χ2n) is 3.93. The lowest BCUT2D eigenvalue weighted by Crippen LogP contribution is -2.11. The Morgan fingerprint density at radius 1 is 1.35 bits per heavy atom. The van der Waals surface area contributed by atoms with Gasteiger partial charge in [-0.2, -0.15) is 8.42 Å². The molecule has 5 heteroatoms. The van der Waals surface area contributed by atoms with E-state index in [-0.39, 0.29) is 10.8 Å². The van der Waals surface area contributed by atoms with Gasteiger partial charge < -0.3 is 0 Å². The number of aliphatic imine (C=N–C) groups is 1. The van der Waals surface area contributed by atoms with Gasteiger partial charge in [0.05, 0.1) is 7.11 Å². The molecule has 0 spiro atoms. The monoisotopic (exact) mass is 255 g/mol. The van der Waals surface area contributed by atoms with Gasteiger partial charge in [0.1, 0.15) is 4.90 Å². The summed E-state index contributed by atoms with van der Waals surface area (Å²) in [6.07, 6.45) is 1.53. The Balaban J connectivity index is 3.61. The first-order valence-corrected chi connectivity index (χ1v) is 6.70. The van der Waals surface area contributed by atoms with Crippen LogP contribution in [0.5, 0.6) is 0 Å². The Hall–Kier alpha value is -1.20. The van der Waals surface area contributed by atoms with Crippen molar-refractivity contribution in [2.45, 2.75) is 24.7 Å². The van der Waals surface area contributed by atoms with Crippen molar-refractivity contribution in [2.24, 2.45) is 4.99 Å². The molecule has 0 saturated heterocycles. The van der Waals surface area contributed by atoms with E-state index < -0.39 is 10.1 Å². The zero-order chi connectivity index (χ0) is 13.1. The van der Waals surface area contributed by atoms with Gasteiger partial charge in [0, 0.05) is 18.8 Å². The first-order chi connectivity index (χ1) is 7.94. The van der Waals surface area contributed by atoms with Crippen molar-refractivity contribution >= 4 is 16.3 Å². The summed E-state index contributed by atoms with van der Waals surface area (Å²) in [5.74, 6) is 0.0973. The predicted molar refractivity (Wildman–Crippen MR) is 68.2 cm³/mol. The smallest absolute Gasteiger partial charge is 0.296 e. The number of hydrogen-bond acceptors (Lipinski definition) is 4. The van der Waals surface area contributed by atoms with Crippen LogP contribution in [0.25, 0.3) is 0 Å². The molecule has 17 heavy (non-hydrogen) atoms. The summed E-state index contributed by atoms with van der Waals surface area (Å²) >= 11 is 0. The maximum atomic E-state index is 11.9. The van der Waals surface area contributed by atoms with Crippen molar-refractivity contribution < 1.29 is 12.6 Å². The van der Waals surface area contributed by atoms with Crippen LogP contribution in [0.15, 0.2) is 28.1 Å². The second kappa shape index (κ2) is 5.42. The summed E-state index contributed by atoms with van der Waals surface area (Å²) in [6.45, 7) is 3.88. The minimum Gasteiger partial charge on any atom is -0.296 e. The third kappa shape index (κ3) is 2.92. The van der Waals surface area contributed by atoms with Crippen molar-refractivity contribution in [3.8, 4) is 0 Å². The maximum absolute atomic E-state index is 11.9. The van der Waals surface area contributed by atoms with Crippen molar-refractivity contribution in [2.75, 3.05) is 14.2 Å². The Morgan fingerprint density at radius 2 is 2.00 bits per heavy atom. The molecule has 1 aromatic rings. The molecule has 1 rings (SSSR count). The SMILES string of the molecule is C/N=C/c1cccc(C(C)C)c1S(=O)(=O)OC. The Bertz CT molecular complexity index is 519. The molecule has 0 radical (unpaired) electrons. The second-order valence-corrected chi connectivity index (χ2v) is 5.58. The zero-order valence-electron chi connectivity index (χ0n) is 10.5. The molecule has 94 valence electrons. The van der Waals surface area contributed by atoms with Crippen LogP contribution in [0.2, 0.25) is 0 Å². The first kappa shape index (κ1) is 13.9. The van der Waals surface area contributed by atoms with E-state index >= 15 is 0 Å². The highest BCUT2D eigenvalue weighted by Gasteiger charge is 2.22. The van der Waals surface area contributed by atoms with Crippen molar-refractivity contribution in [3.05, 3.63) is 29.3 Å². The molecule has 0 unspecified atom stereocenters. The molecular weight excluding hydrogens is 238 g/mol. The van der Waals surface area contributed by atoms with E-state index in [0.29, 0.717) is 5.56 Å². The molecule has 0 saturated carbocycles. The van der Waals surface area contributed by atoms with Crippen molar-refractivity contribution in [1.82, 2.24) is 0 Å². The number of nitrogens with zero attached hydrogens (tertiary/aromatic N) is 1. The third-order valence-corrected chi connectivity index (χ3v) is 3.85. The van der Waals surface area contributed by atoms with Gasteiger partial charge in [0.15, 0.2) is 0 Å². The van der Waals surface area contributed by atoms with Gasteiger partial charge in [-0.05, 0) is 11.5 Å². The van der Waals surface area contributed by atoms with Gasteiger partial charge in [-0.3, -0.25) is 9.18 Å². The highest BCUT2D eigenvalue weighted by Crippen LogP contribution is 2.27. The van der Waals surface area contributed by atoms with Crippen LogP contribution < -0.4 is 0 Å². The fourth-order valence-electron chi connectivity index (χ4n) is 1.64. The van der Waals surface area contributed by atoms with Crippen LogP contribution in [0.1, 0.15) is 30.9 Å². The highest BCUT2D eigenvalue weighted by molar-refractivity contribution is 7.86. The Morgan fingerprint density at radius 3 is 2.47 bits per heavy atom. The lowest BCUT2D eigenvalue weighted by Gasteiger charge is -2.14. The molecule has 4 nitrogen and oxygen atoms in total. The van der Waals surface area contributed by atoms with E-state index in [2.05, 4.69) is 9.18 Å². The highest BCUT2D eigenvalue weighted by atomic mass is 32.2. The number of rotatable bonds is 4. The van der Waals surface area contributed by atoms with Crippen LogP contribution in [0, 0.1) is 0 Å². The summed E-state index contributed by atoms with van der Waals surface area (Å²) in [6, 6.07) is 5.33. The molecule has 0 aliphatic heterocycles. The molecule has 0 aliphatic rings. The predicted octanol–water partition coefficient (Wildman–Crippen LogP) is 2.19. The number of benzene rings is 1. The summed E-state index contributed by atoms with van der Waals surface area (Å²) in [5, 5.41) is 0. The standard InChI is InChI=1S/C12H17NO3S/c1-9(2)11-7-5-6-10(8-13-3)12(11)17(14,15)16-4/h5-9H,1-4H3/b13-8+. The van der Waals surface area contributed by atoms with E-state index in [0.717, 1.165) is 5.56 Å². The van der Waals surface area contributed by atoms with Gasteiger partial charge in [-0.25, -0.2) is 0 Å². The third-order valence-electron chi connectivity index (χ3n) is 2.44. The summed E-state index contributed by atoms with van der Waals surface area (Å²) in [7, 11) is -0.950. The van der Waals surface area contributed by atoms with Crippen molar-refractivity contribution in [1.29, 1.82) is 0 Å². The lowest BCUT2D eigenvalue weighted by molar-refractivity contribution is 0.396. The molecule has 0 bridgehead atoms. The van der Waals surface area contributed by atoms with E-state index in [4.69, 9.17) is 0 Å². The fourth-order valence-corrected chi connectivity index (χ4v) is 2.81. The maximum Gasteiger partial charge on any atom is 0.297 e. The normalized spacial score (nSPS) is 12.5. The fraction of sp³-hybridized carbons (Fsp3) is 0.417. The minimum absolute atomic E-state index is 0.0973. The molecule has 0 aliphatic carbocycles.